The lowest BCUT2D eigenvalue weighted by molar-refractivity contribution is 0.0361. The van der Waals surface area contributed by atoms with Crippen molar-refractivity contribution in [3.63, 3.8) is 0 Å². The van der Waals surface area contributed by atoms with E-state index in [1.54, 1.807) is 0 Å². The van der Waals surface area contributed by atoms with Crippen LogP contribution >= 0.6 is 0 Å². The highest BCUT2D eigenvalue weighted by Crippen LogP contribution is 2.44. The number of rotatable bonds is 3. The normalized spacial score (nSPS) is 36.8. The van der Waals surface area contributed by atoms with Crippen molar-refractivity contribution in [2.45, 2.75) is 72.3 Å². The summed E-state index contributed by atoms with van der Waals surface area (Å²) in [6.45, 7) is 15.4. The lowest BCUT2D eigenvalue weighted by Crippen LogP contribution is -2.56. The molecule has 1 aliphatic heterocycles. The minimum Gasteiger partial charge on any atom is -0.329 e. The summed E-state index contributed by atoms with van der Waals surface area (Å²) in [5.74, 6) is 2.52. The second-order valence-corrected chi connectivity index (χ2v) is 8.83. The molecule has 3 atom stereocenters. The molecule has 0 bridgehead atoms. The van der Waals surface area contributed by atoms with Crippen LogP contribution in [0.4, 0.5) is 0 Å². The first-order valence-corrected chi connectivity index (χ1v) is 8.73. The van der Waals surface area contributed by atoms with Gasteiger partial charge in [-0.1, -0.05) is 47.5 Å². The Hall–Kier alpha value is -0.0800. The van der Waals surface area contributed by atoms with Crippen LogP contribution in [0.2, 0.25) is 0 Å². The van der Waals surface area contributed by atoms with E-state index in [0.717, 1.165) is 24.3 Å². The van der Waals surface area contributed by atoms with Gasteiger partial charge in [-0.25, -0.2) is 0 Å². The van der Waals surface area contributed by atoms with Gasteiger partial charge in [0.05, 0.1) is 0 Å². The van der Waals surface area contributed by atoms with Crippen LogP contribution in [0.5, 0.6) is 0 Å². The Morgan fingerprint density at radius 1 is 1.25 bits per heavy atom. The molecule has 3 unspecified atom stereocenters. The van der Waals surface area contributed by atoms with Gasteiger partial charge in [-0.15, -0.1) is 0 Å². The molecule has 118 valence electrons. The van der Waals surface area contributed by atoms with Crippen LogP contribution in [0.3, 0.4) is 0 Å². The Morgan fingerprint density at radius 3 is 2.45 bits per heavy atom. The fourth-order valence-corrected chi connectivity index (χ4v) is 4.45. The molecular weight excluding hydrogens is 244 g/mol. The number of hydrogen-bond donors (Lipinski definition) is 1. The molecule has 1 saturated carbocycles. The average Bonchev–Trinajstić information content (AvgIpc) is 2.88. The van der Waals surface area contributed by atoms with Crippen molar-refractivity contribution < 1.29 is 0 Å². The Bertz CT molecular complexity index is 318. The number of nitrogens with two attached hydrogens (primary N) is 1. The van der Waals surface area contributed by atoms with E-state index in [-0.39, 0.29) is 0 Å². The summed E-state index contributed by atoms with van der Waals surface area (Å²) >= 11 is 0. The van der Waals surface area contributed by atoms with E-state index in [1.807, 2.05) is 0 Å². The lowest BCUT2D eigenvalue weighted by Gasteiger charge is -2.48. The topological polar surface area (TPSA) is 29.3 Å². The molecule has 0 radical (unpaired) electrons. The Labute approximate surface area is 126 Å². The highest BCUT2D eigenvalue weighted by Gasteiger charge is 2.45. The van der Waals surface area contributed by atoms with Crippen LogP contribution in [0.1, 0.15) is 66.7 Å². The minimum atomic E-state index is 0.313. The average molecular weight is 281 g/mol. The summed E-state index contributed by atoms with van der Waals surface area (Å²) in [5, 5.41) is 0. The summed E-state index contributed by atoms with van der Waals surface area (Å²) in [4.78, 5) is 2.78. The molecule has 20 heavy (non-hydrogen) atoms. The summed E-state index contributed by atoms with van der Waals surface area (Å²) in [6, 6.07) is 0. The predicted molar refractivity (Wildman–Crippen MR) is 87.7 cm³/mol. The maximum Gasteiger partial charge on any atom is 0.0334 e. The minimum absolute atomic E-state index is 0.313. The Kier molecular flexibility index (Phi) is 4.86. The maximum atomic E-state index is 6.29. The van der Waals surface area contributed by atoms with E-state index in [0.29, 0.717) is 11.0 Å². The monoisotopic (exact) mass is 280 g/mol. The van der Waals surface area contributed by atoms with E-state index in [1.165, 1.54) is 45.2 Å². The van der Waals surface area contributed by atoms with Gasteiger partial charge >= 0.3 is 0 Å². The van der Waals surface area contributed by atoms with Crippen molar-refractivity contribution >= 4 is 0 Å². The van der Waals surface area contributed by atoms with Gasteiger partial charge in [0, 0.05) is 18.6 Å². The standard InChI is InChI=1S/C18H36N2/c1-14(2)15-7-6-9-18(11-15,13-19)20-10-8-16(12-20)17(3,4)5/h14-16H,6-13,19H2,1-5H3. The summed E-state index contributed by atoms with van der Waals surface area (Å²) in [6.07, 6.45) is 6.80. The molecule has 1 heterocycles. The predicted octanol–water partition coefficient (Wildman–Crippen LogP) is 3.90. The molecular formula is C18H36N2. The Morgan fingerprint density at radius 2 is 1.95 bits per heavy atom. The van der Waals surface area contributed by atoms with Gasteiger partial charge in [0.15, 0.2) is 0 Å². The molecule has 2 fully saturated rings. The van der Waals surface area contributed by atoms with Crippen molar-refractivity contribution in [1.82, 2.24) is 4.90 Å². The third-order valence-corrected chi connectivity index (χ3v) is 6.27. The van der Waals surface area contributed by atoms with Crippen molar-refractivity contribution in [1.29, 1.82) is 0 Å². The van der Waals surface area contributed by atoms with Crippen molar-refractivity contribution in [3.05, 3.63) is 0 Å². The first-order valence-electron chi connectivity index (χ1n) is 8.73. The SMILES string of the molecule is CC(C)C1CCCC(CN)(N2CCC(C(C)(C)C)C2)C1. The van der Waals surface area contributed by atoms with Crippen molar-refractivity contribution in [2.75, 3.05) is 19.6 Å². The molecule has 0 aromatic heterocycles. The number of nitrogens with zero attached hydrogens (tertiary/aromatic N) is 1. The van der Waals surface area contributed by atoms with E-state index in [2.05, 4.69) is 39.5 Å². The zero-order chi connectivity index (χ0) is 15.0. The quantitative estimate of drug-likeness (QED) is 0.849. The zero-order valence-corrected chi connectivity index (χ0v) is 14.4. The largest absolute Gasteiger partial charge is 0.329 e. The molecule has 2 heteroatoms. The summed E-state index contributed by atoms with van der Waals surface area (Å²) in [5.41, 5.74) is 7.05. The third kappa shape index (κ3) is 3.22. The lowest BCUT2D eigenvalue weighted by atomic mass is 9.71. The first kappa shape index (κ1) is 16.3. The fraction of sp³-hybridized carbons (Fsp3) is 1.00. The molecule has 2 rings (SSSR count). The maximum absolute atomic E-state index is 6.29. The molecule has 1 saturated heterocycles. The third-order valence-electron chi connectivity index (χ3n) is 6.27. The van der Waals surface area contributed by atoms with Gasteiger partial charge in [-0.2, -0.15) is 0 Å². The first-order chi connectivity index (χ1) is 9.28. The van der Waals surface area contributed by atoms with Crippen LogP contribution in [-0.2, 0) is 0 Å². The summed E-state index contributed by atoms with van der Waals surface area (Å²) < 4.78 is 0. The highest BCUT2D eigenvalue weighted by atomic mass is 15.2. The van der Waals surface area contributed by atoms with E-state index < -0.39 is 0 Å². The second-order valence-electron chi connectivity index (χ2n) is 8.83. The van der Waals surface area contributed by atoms with E-state index >= 15 is 0 Å². The Balaban J connectivity index is 2.08. The molecule has 0 amide bonds. The van der Waals surface area contributed by atoms with Gasteiger partial charge in [-0.3, -0.25) is 4.90 Å². The smallest absolute Gasteiger partial charge is 0.0334 e. The molecule has 0 spiro atoms. The van der Waals surface area contributed by atoms with Gasteiger partial charge in [0.2, 0.25) is 0 Å². The summed E-state index contributed by atoms with van der Waals surface area (Å²) in [7, 11) is 0. The van der Waals surface area contributed by atoms with Gasteiger partial charge in [0.1, 0.15) is 0 Å². The van der Waals surface area contributed by atoms with Crippen LogP contribution in [0.15, 0.2) is 0 Å². The van der Waals surface area contributed by atoms with Gasteiger partial charge in [0.25, 0.3) is 0 Å². The van der Waals surface area contributed by atoms with Crippen molar-refractivity contribution in [3.8, 4) is 0 Å². The zero-order valence-electron chi connectivity index (χ0n) is 14.4. The van der Waals surface area contributed by atoms with Gasteiger partial charge < -0.3 is 5.73 Å². The number of hydrogen-bond acceptors (Lipinski definition) is 2. The van der Waals surface area contributed by atoms with E-state index in [4.69, 9.17) is 5.73 Å². The van der Waals surface area contributed by atoms with Crippen LogP contribution in [0.25, 0.3) is 0 Å². The molecule has 0 aromatic carbocycles. The fourth-order valence-electron chi connectivity index (χ4n) is 4.45. The molecule has 2 nitrogen and oxygen atoms in total. The van der Waals surface area contributed by atoms with E-state index in [9.17, 15) is 0 Å². The van der Waals surface area contributed by atoms with Crippen molar-refractivity contribution in [2.24, 2.45) is 28.9 Å². The van der Waals surface area contributed by atoms with Gasteiger partial charge in [-0.05, 0) is 49.0 Å². The van der Waals surface area contributed by atoms with Crippen LogP contribution in [0, 0.1) is 23.2 Å². The van der Waals surface area contributed by atoms with Crippen LogP contribution < -0.4 is 5.73 Å². The molecule has 2 N–H and O–H groups in total. The molecule has 2 aliphatic rings. The molecule has 0 aromatic rings. The second kappa shape index (κ2) is 5.96. The number of likely N-dealkylation sites (tertiary alicyclic amines) is 1. The van der Waals surface area contributed by atoms with Crippen LogP contribution in [-0.4, -0.2) is 30.1 Å². The molecule has 1 aliphatic carbocycles. The highest BCUT2D eigenvalue weighted by molar-refractivity contribution is 5.00.